The molecular weight excluding hydrogens is 162 g/mol. The highest BCUT2D eigenvalue weighted by Crippen LogP contribution is 2.52. The molecule has 0 atom stereocenters. The highest BCUT2D eigenvalue weighted by molar-refractivity contribution is 5.00. The van der Waals surface area contributed by atoms with Gasteiger partial charge in [-0.05, 0) is 49.7 Å². The van der Waals surface area contributed by atoms with Crippen molar-refractivity contribution < 1.29 is 5.11 Å². The lowest BCUT2D eigenvalue weighted by Crippen LogP contribution is -2.55. The molecule has 0 amide bonds. The minimum Gasteiger partial charge on any atom is -0.396 e. The normalized spacial score (nSPS) is 39.5. The van der Waals surface area contributed by atoms with Crippen molar-refractivity contribution in [2.45, 2.75) is 33.1 Å². The van der Waals surface area contributed by atoms with Crippen LogP contribution in [0.15, 0.2) is 0 Å². The van der Waals surface area contributed by atoms with E-state index >= 15 is 0 Å². The molecule has 3 aliphatic heterocycles. The monoisotopic (exact) mass is 183 g/mol. The molecule has 0 aromatic carbocycles. The minimum atomic E-state index is 0.125. The summed E-state index contributed by atoms with van der Waals surface area (Å²) >= 11 is 0. The maximum atomic E-state index is 9.45. The van der Waals surface area contributed by atoms with E-state index in [0.29, 0.717) is 12.0 Å². The molecule has 0 aromatic rings. The Hall–Kier alpha value is -0.0800. The predicted octanol–water partition coefficient (Wildman–Crippen LogP) is 1.49. The zero-order valence-corrected chi connectivity index (χ0v) is 8.84. The van der Waals surface area contributed by atoms with E-state index in [1.807, 2.05) is 0 Å². The fourth-order valence-electron chi connectivity index (χ4n) is 3.01. The molecule has 3 heterocycles. The largest absolute Gasteiger partial charge is 0.396 e. The smallest absolute Gasteiger partial charge is 0.0487 e. The van der Waals surface area contributed by atoms with Crippen LogP contribution in [0.25, 0.3) is 0 Å². The Balaban J connectivity index is 2.18. The Morgan fingerprint density at radius 1 is 1.15 bits per heavy atom. The molecule has 0 unspecified atom stereocenters. The molecule has 0 saturated carbocycles. The van der Waals surface area contributed by atoms with E-state index in [1.165, 1.54) is 38.9 Å². The molecular formula is C11H21NO. The molecule has 2 nitrogen and oxygen atoms in total. The average molecular weight is 183 g/mol. The van der Waals surface area contributed by atoms with E-state index < -0.39 is 0 Å². The zero-order chi connectivity index (χ0) is 9.53. The highest BCUT2D eigenvalue weighted by atomic mass is 16.3. The number of aliphatic hydroxyl groups is 1. The average Bonchev–Trinajstić information content (AvgIpc) is 2.20. The first kappa shape index (κ1) is 9.47. The van der Waals surface area contributed by atoms with Crippen molar-refractivity contribution in [3.8, 4) is 0 Å². The van der Waals surface area contributed by atoms with E-state index in [2.05, 4.69) is 18.7 Å². The maximum Gasteiger partial charge on any atom is 0.0487 e. The van der Waals surface area contributed by atoms with Crippen LogP contribution in [0.1, 0.15) is 33.1 Å². The molecule has 2 bridgehead atoms. The number of aliphatic hydroxyl groups excluding tert-OH is 1. The van der Waals surface area contributed by atoms with E-state index in [1.54, 1.807) is 0 Å². The summed E-state index contributed by atoms with van der Waals surface area (Å²) in [5.41, 5.74) is 0.565. The second-order valence-corrected chi connectivity index (χ2v) is 5.41. The fraction of sp³-hybridized carbons (Fsp3) is 1.00. The van der Waals surface area contributed by atoms with Crippen LogP contribution in [0.3, 0.4) is 0 Å². The summed E-state index contributed by atoms with van der Waals surface area (Å²) in [6.45, 7) is 8.56. The van der Waals surface area contributed by atoms with Crippen LogP contribution in [0.2, 0.25) is 0 Å². The van der Waals surface area contributed by atoms with Gasteiger partial charge in [0.25, 0.3) is 0 Å². The van der Waals surface area contributed by atoms with Crippen LogP contribution < -0.4 is 0 Å². The van der Waals surface area contributed by atoms with E-state index in [4.69, 9.17) is 0 Å². The first-order valence-corrected chi connectivity index (χ1v) is 5.43. The molecule has 0 aliphatic carbocycles. The van der Waals surface area contributed by atoms with Crippen molar-refractivity contribution in [1.82, 2.24) is 4.90 Å². The minimum absolute atomic E-state index is 0.125. The Labute approximate surface area is 80.9 Å². The van der Waals surface area contributed by atoms with Gasteiger partial charge in [-0.1, -0.05) is 13.8 Å². The third kappa shape index (κ3) is 1.31. The van der Waals surface area contributed by atoms with Crippen molar-refractivity contribution in [3.63, 3.8) is 0 Å². The maximum absolute atomic E-state index is 9.45. The second-order valence-electron chi connectivity index (χ2n) is 5.41. The van der Waals surface area contributed by atoms with Crippen LogP contribution in [-0.2, 0) is 0 Å². The van der Waals surface area contributed by atoms with Gasteiger partial charge in [-0.15, -0.1) is 0 Å². The number of rotatable bonds is 2. The lowest BCUT2D eigenvalue weighted by Gasteiger charge is -2.56. The Morgan fingerprint density at radius 3 is 2.00 bits per heavy atom. The summed E-state index contributed by atoms with van der Waals surface area (Å²) < 4.78 is 0. The summed E-state index contributed by atoms with van der Waals surface area (Å²) in [6, 6.07) is 0. The lowest BCUT2D eigenvalue weighted by atomic mass is 9.57. The van der Waals surface area contributed by atoms with Gasteiger partial charge in [0.1, 0.15) is 0 Å². The number of nitrogens with zero attached hydrogens (tertiary/aromatic N) is 1. The van der Waals surface area contributed by atoms with Crippen molar-refractivity contribution in [1.29, 1.82) is 0 Å². The van der Waals surface area contributed by atoms with E-state index in [9.17, 15) is 5.11 Å². The molecule has 3 fully saturated rings. The molecule has 13 heavy (non-hydrogen) atoms. The molecule has 2 heteroatoms. The van der Waals surface area contributed by atoms with Gasteiger partial charge in [0, 0.05) is 6.61 Å². The predicted molar refractivity (Wildman–Crippen MR) is 53.6 cm³/mol. The molecule has 3 aliphatic rings. The number of hydrogen-bond acceptors (Lipinski definition) is 2. The molecule has 0 spiro atoms. The standard InChI is InChI=1S/C11H21NO/c1-10(2,9-13)11-3-6-12(7-4-11)8-5-11/h13H,3-9H2,1-2H3. The molecule has 0 aromatic heterocycles. The SMILES string of the molecule is CC(C)(CO)C12CCN(CC1)CC2. The third-order valence-electron chi connectivity index (χ3n) is 4.55. The first-order valence-electron chi connectivity index (χ1n) is 5.43. The molecule has 3 rings (SSSR count). The zero-order valence-electron chi connectivity index (χ0n) is 8.84. The van der Waals surface area contributed by atoms with Gasteiger partial charge >= 0.3 is 0 Å². The summed E-state index contributed by atoms with van der Waals surface area (Å²) in [5.74, 6) is 0. The van der Waals surface area contributed by atoms with Crippen LogP contribution in [0, 0.1) is 10.8 Å². The number of fused-ring (bicyclic) bond motifs is 3. The van der Waals surface area contributed by atoms with Gasteiger partial charge in [-0.2, -0.15) is 0 Å². The van der Waals surface area contributed by atoms with Gasteiger partial charge in [-0.3, -0.25) is 0 Å². The number of piperidine rings is 3. The molecule has 3 saturated heterocycles. The van der Waals surface area contributed by atoms with Crippen molar-refractivity contribution in [2.75, 3.05) is 26.2 Å². The summed E-state index contributed by atoms with van der Waals surface area (Å²) in [4.78, 5) is 2.55. The van der Waals surface area contributed by atoms with Crippen molar-refractivity contribution in [2.24, 2.45) is 10.8 Å². The summed E-state index contributed by atoms with van der Waals surface area (Å²) in [7, 11) is 0. The lowest BCUT2D eigenvalue weighted by molar-refractivity contribution is -0.0831. The van der Waals surface area contributed by atoms with Crippen LogP contribution in [-0.4, -0.2) is 36.2 Å². The Morgan fingerprint density at radius 2 is 1.62 bits per heavy atom. The Bertz CT molecular complexity index is 178. The Kier molecular flexibility index (Phi) is 2.16. The van der Waals surface area contributed by atoms with Crippen LogP contribution in [0.4, 0.5) is 0 Å². The number of hydrogen-bond donors (Lipinski definition) is 1. The molecule has 0 radical (unpaired) electrons. The van der Waals surface area contributed by atoms with E-state index in [-0.39, 0.29) is 5.41 Å². The highest BCUT2D eigenvalue weighted by Gasteiger charge is 2.48. The van der Waals surface area contributed by atoms with E-state index in [0.717, 1.165) is 0 Å². The van der Waals surface area contributed by atoms with Crippen molar-refractivity contribution in [3.05, 3.63) is 0 Å². The summed E-state index contributed by atoms with van der Waals surface area (Å²) in [5, 5.41) is 9.45. The van der Waals surface area contributed by atoms with Crippen molar-refractivity contribution >= 4 is 0 Å². The van der Waals surface area contributed by atoms with Gasteiger partial charge in [-0.25, -0.2) is 0 Å². The second kappa shape index (κ2) is 2.96. The van der Waals surface area contributed by atoms with Crippen LogP contribution in [0.5, 0.6) is 0 Å². The fourth-order valence-corrected chi connectivity index (χ4v) is 3.01. The first-order chi connectivity index (χ1) is 6.10. The third-order valence-corrected chi connectivity index (χ3v) is 4.55. The van der Waals surface area contributed by atoms with Crippen LogP contribution >= 0.6 is 0 Å². The van der Waals surface area contributed by atoms with Gasteiger partial charge in [0.05, 0.1) is 0 Å². The quantitative estimate of drug-likeness (QED) is 0.701. The topological polar surface area (TPSA) is 23.5 Å². The van der Waals surface area contributed by atoms with Gasteiger partial charge in [0.15, 0.2) is 0 Å². The van der Waals surface area contributed by atoms with Gasteiger partial charge in [0.2, 0.25) is 0 Å². The molecule has 1 N–H and O–H groups in total. The van der Waals surface area contributed by atoms with Gasteiger partial charge < -0.3 is 10.0 Å². The molecule has 76 valence electrons. The summed E-state index contributed by atoms with van der Waals surface area (Å²) in [6.07, 6.45) is 3.88.